The fourth-order valence-corrected chi connectivity index (χ4v) is 4.08. The van der Waals surface area contributed by atoms with Crippen molar-refractivity contribution in [2.75, 3.05) is 0 Å². The monoisotopic (exact) mass is 390 g/mol. The van der Waals surface area contributed by atoms with Crippen molar-refractivity contribution in [1.82, 2.24) is 30.2 Å². The third-order valence-electron chi connectivity index (χ3n) is 4.70. The van der Waals surface area contributed by atoms with Crippen molar-refractivity contribution in [3.05, 3.63) is 82.4 Å². The van der Waals surface area contributed by atoms with E-state index >= 15 is 0 Å². The van der Waals surface area contributed by atoms with Crippen molar-refractivity contribution in [2.45, 2.75) is 38.1 Å². The van der Waals surface area contributed by atoms with E-state index in [1.165, 1.54) is 5.56 Å². The maximum absolute atomic E-state index is 4.77. The van der Waals surface area contributed by atoms with Gasteiger partial charge in [-0.25, -0.2) is 4.98 Å². The Morgan fingerprint density at radius 3 is 2.46 bits per heavy atom. The Morgan fingerprint density at radius 1 is 0.964 bits per heavy atom. The maximum Gasteiger partial charge on any atom is 0.167 e. The van der Waals surface area contributed by atoms with Gasteiger partial charge in [-0.2, -0.15) is 4.68 Å². The average Bonchev–Trinajstić information content (AvgIpc) is 3.28. The topological polar surface area (TPSA) is 72.3 Å². The minimum absolute atomic E-state index is 0.637. The summed E-state index contributed by atoms with van der Waals surface area (Å²) in [7, 11) is 0. The summed E-state index contributed by atoms with van der Waals surface area (Å²) in [6.07, 6.45) is 0.823. The van der Waals surface area contributed by atoms with Gasteiger partial charge in [-0.05, 0) is 47.9 Å². The number of benzene rings is 2. The molecular weight excluding hydrogens is 368 g/mol. The Balaban J connectivity index is 1.51. The van der Waals surface area contributed by atoms with Gasteiger partial charge in [0.2, 0.25) is 0 Å². The Morgan fingerprint density at radius 2 is 1.71 bits per heavy atom. The second-order valence-corrected chi connectivity index (χ2v) is 7.78. The zero-order chi connectivity index (χ0) is 19.5. The Labute approximate surface area is 168 Å². The zero-order valence-corrected chi connectivity index (χ0v) is 17.0. The summed E-state index contributed by atoms with van der Waals surface area (Å²) < 4.78 is 1.83. The number of nitrogens with zero attached hydrogens (tertiary/aromatic N) is 5. The first-order chi connectivity index (χ1) is 13.6. The van der Waals surface area contributed by atoms with Crippen LogP contribution >= 0.6 is 11.8 Å². The van der Waals surface area contributed by atoms with Crippen LogP contribution in [0.2, 0.25) is 0 Å². The molecule has 0 aliphatic rings. The van der Waals surface area contributed by atoms with E-state index in [0.717, 1.165) is 45.6 Å². The number of rotatable bonds is 6. The molecule has 0 aliphatic carbocycles. The summed E-state index contributed by atoms with van der Waals surface area (Å²) in [5.41, 5.74) is 6.77. The molecule has 0 bridgehead atoms. The molecule has 4 rings (SSSR count). The molecule has 4 aromatic rings. The zero-order valence-electron chi connectivity index (χ0n) is 16.2. The highest BCUT2D eigenvalue weighted by Gasteiger charge is 2.15. The number of para-hydroxylation sites is 1. The summed E-state index contributed by atoms with van der Waals surface area (Å²) in [5, 5.41) is 13.2. The summed E-state index contributed by atoms with van der Waals surface area (Å²) in [6.45, 7) is 6.22. The van der Waals surface area contributed by atoms with Gasteiger partial charge in [-0.15, -0.1) is 5.10 Å². The highest BCUT2D eigenvalue weighted by Crippen LogP contribution is 2.24. The molecular formula is C21H22N6S. The number of hydrogen-bond donors (Lipinski definition) is 1. The summed E-state index contributed by atoms with van der Waals surface area (Å²) in [4.78, 5) is 8.15. The number of nitrogens with one attached hydrogen (secondary N) is 1. The molecule has 0 atom stereocenters. The minimum atomic E-state index is 0.637. The van der Waals surface area contributed by atoms with Gasteiger partial charge in [-0.1, -0.05) is 60.3 Å². The molecule has 0 spiro atoms. The van der Waals surface area contributed by atoms with Crippen LogP contribution in [0.4, 0.5) is 0 Å². The summed E-state index contributed by atoms with van der Waals surface area (Å²) >= 11 is 1.61. The fourth-order valence-electron chi connectivity index (χ4n) is 3.24. The number of aromatic nitrogens is 6. The van der Waals surface area contributed by atoms with Crippen LogP contribution in [-0.4, -0.2) is 30.2 Å². The molecule has 7 heteroatoms. The van der Waals surface area contributed by atoms with Crippen LogP contribution < -0.4 is 0 Å². The second kappa shape index (κ2) is 7.98. The van der Waals surface area contributed by atoms with Crippen molar-refractivity contribution >= 4 is 11.8 Å². The first kappa shape index (κ1) is 18.4. The van der Waals surface area contributed by atoms with Gasteiger partial charge in [-0.3, -0.25) is 0 Å². The van der Waals surface area contributed by atoms with Crippen molar-refractivity contribution < 1.29 is 0 Å². The molecule has 2 aromatic carbocycles. The van der Waals surface area contributed by atoms with Crippen molar-refractivity contribution in [1.29, 1.82) is 0 Å². The van der Waals surface area contributed by atoms with Crippen molar-refractivity contribution in [3.63, 3.8) is 0 Å². The van der Waals surface area contributed by atoms with Crippen molar-refractivity contribution in [2.24, 2.45) is 0 Å². The number of thioether (sulfide) groups is 1. The minimum Gasteiger partial charge on any atom is -0.337 e. The van der Waals surface area contributed by atoms with E-state index in [-0.39, 0.29) is 0 Å². The smallest absolute Gasteiger partial charge is 0.167 e. The van der Waals surface area contributed by atoms with Crippen LogP contribution in [0.1, 0.15) is 33.9 Å². The number of imidazole rings is 1. The number of tetrazole rings is 1. The van der Waals surface area contributed by atoms with Crippen LogP contribution in [0.5, 0.6) is 0 Å². The standard InChI is InChI=1S/C21H22N6S/c1-14-8-7-9-15(2)20(14)27-19(24-25-26-27)13-28-21-22-16(3)18(23-21)12-17-10-5-4-6-11-17/h4-11H,12-13H2,1-3H3,(H,22,23). The van der Waals surface area contributed by atoms with E-state index in [1.807, 2.05) is 16.8 Å². The van der Waals surface area contributed by atoms with Gasteiger partial charge in [0.05, 0.1) is 17.1 Å². The highest BCUT2D eigenvalue weighted by molar-refractivity contribution is 7.98. The molecule has 2 aromatic heterocycles. The largest absolute Gasteiger partial charge is 0.337 e. The second-order valence-electron chi connectivity index (χ2n) is 6.81. The lowest BCUT2D eigenvalue weighted by Crippen LogP contribution is -2.06. The number of aryl methyl sites for hydroxylation is 3. The van der Waals surface area contributed by atoms with Crippen LogP contribution in [-0.2, 0) is 12.2 Å². The van der Waals surface area contributed by atoms with Crippen LogP contribution in [0, 0.1) is 20.8 Å². The van der Waals surface area contributed by atoms with Crippen LogP contribution in [0.25, 0.3) is 5.69 Å². The molecule has 0 amide bonds. The molecule has 0 unspecified atom stereocenters. The molecule has 0 fully saturated rings. The number of aromatic amines is 1. The summed E-state index contributed by atoms with van der Waals surface area (Å²) in [6, 6.07) is 16.6. The predicted molar refractivity (Wildman–Crippen MR) is 111 cm³/mol. The number of hydrogen-bond acceptors (Lipinski definition) is 5. The first-order valence-electron chi connectivity index (χ1n) is 9.18. The van der Waals surface area contributed by atoms with E-state index in [4.69, 9.17) is 4.98 Å². The molecule has 1 N–H and O–H groups in total. The van der Waals surface area contributed by atoms with E-state index in [9.17, 15) is 0 Å². The van der Waals surface area contributed by atoms with Gasteiger partial charge in [0.15, 0.2) is 11.0 Å². The Bertz CT molecular complexity index is 1060. The molecule has 142 valence electrons. The lowest BCUT2D eigenvalue weighted by atomic mass is 10.1. The Kier molecular flexibility index (Phi) is 5.25. The van der Waals surface area contributed by atoms with Crippen molar-refractivity contribution in [3.8, 4) is 5.69 Å². The highest BCUT2D eigenvalue weighted by atomic mass is 32.2. The molecule has 0 saturated heterocycles. The van der Waals surface area contributed by atoms with Crippen LogP contribution in [0.3, 0.4) is 0 Å². The summed E-state index contributed by atoms with van der Waals surface area (Å²) in [5.74, 6) is 1.44. The van der Waals surface area contributed by atoms with E-state index in [0.29, 0.717) is 5.75 Å². The van der Waals surface area contributed by atoms with E-state index in [2.05, 4.69) is 77.7 Å². The average molecular weight is 391 g/mol. The SMILES string of the molecule is Cc1cccc(C)c1-n1nnnc1CSc1nc(Cc2ccccc2)c(C)[nH]1. The van der Waals surface area contributed by atoms with Gasteiger partial charge < -0.3 is 4.98 Å². The van der Waals surface area contributed by atoms with Gasteiger partial charge >= 0.3 is 0 Å². The third-order valence-corrected chi connectivity index (χ3v) is 5.57. The molecule has 0 radical (unpaired) electrons. The first-order valence-corrected chi connectivity index (χ1v) is 10.2. The fraction of sp³-hybridized carbons (Fsp3) is 0.238. The third kappa shape index (κ3) is 3.84. The molecule has 0 aliphatic heterocycles. The molecule has 6 nitrogen and oxygen atoms in total. The maximum atomic E-state index is 4.77. The normalized spacial score (nSPS) is 11.1. The quantitative estimate of drug-likeness (QED) is 0.500. The van der Waals surface area contributed by atoms with E-state index in [1.54, 1.807) is 11.8 Å². The molecule has 2 heterocycles. The van der Waals surface area contributed by atoms with Gasteiger partial charge in [0.1, 0.15) is 0 Å². The predicted octanol–water partition coefficient (Wildman–Crippen LogP) is 4.19. The lowest BCUT2D eigenvalue weighted by Gasteiger charge is -2.10. The van der Waals surface area contributed by atoms with Gasteiger partial charge in [0, 0.05) is 12.1 Å². The Hall–Kier alpha value is -2.93. The van der Waals surface area contributed by atoms with E-state index < -0.39 is 0 Å². The van der Waals surface area contributed by atoms with Gasteiger partial charge in [0.25, 0.3) is 0 Å². The lowest BCUT2D eigenvalue weighted by molar-refractivity contribution is 0.769. The van der Waals surface area contributed by atoms with Crippen LogP contribution in [0.15, 0.2) is 53.7 Å². The number of H-pyrrole nitrogens is 1. The molecule has 28 heavy (non-hydrogen) atoms. The molecule has 0 saturated carbocycles.